The lowest BCUT2D eigenvalue weighted by molar-refractivity contribution is -0.122. The molecule has 3 aromatic rings. The van der Waals surface area contributed by atoms with Gasteiger partial charge in [0.25, 0.3) is 11.8 Å². The maximum Gasteiger partial charge on any atom is 0.270 e. The van der Waals surface area contributed by atoms with E-state index in [1.165, 1.54) is 6.08 Å². The second kappa shape index (κ2) is 10.9. The Balaban J connectivity index is 1.69. The zero-order valence-electron chi connectivity index (χ0n) is 17.5. The molecule has 0 radical (unpaired) electrons. The Labute approximate surface area is 234 Å². The molecule has 1 heterocycles. The fourth-order valence-corrected chi connectivity index (χ4v) is 4.60. The Morgan fingerprint density at radius 3 is 2.49 bits per heavy atom. The van der Waals surface area contributed by atoms with E-state index >= 15 is 0 Å². The van der Waals surface area contributed by atoms with Gasteiger partial charge in [0, 0.05) is 10.0 Å². The summed E-state index contributed by atoms with van der Waals surface area (Å²) in [5, 5.41) is 3.64. The summed E-state index contributed by atoms with van der Waals surface area (Å²) in [5.74, 6) is -0.865. The molecule has 1 saturated heterocycles. The molecule has 0 bridgehead atoms. The van der Waals surface area contributed by atoms with Crippen molar-refractivity contribution in [2.75, 3.05) is 4.90 Å². The number of carbonyl (C=O) groups is 2. The third-order valence-electron chi connectivity index (χ3n) is 4.92. The molecule has 0 unspecified atom stereocenters. The highest BCUT2D eigenvalue weighted by Crippen LogP contribution is 2.35. The first kappa shape index (κ1) is 25.9. The fraction of sp³-hybridized carbons (Fsp3) is 0.0417. The van der Waals surface area contributed by atoms with Crippen molar-refractivity contribution in [3.05, 3.63) is 95.9 Å². The van der Waals surface area contributed by atoms with E-state index in [0.717, 1.165) is 14.9 Å². The van der Waals surface area contributed by atoms with Crippen LogP contribution in [-0.2, 0) is 16.2 Å². The second-order valence-corrected chi connectivity index (χ2v) is 10.2. The third kappa shape index (κ3) is 5.66. The van der Waals surface area contributed by atoms with Gasteiger partial charge in [-0.25, -0.2) is 0 Å². The number of hydrogen-bond acceptors (Lipinski definition) is 4. The van der Waals surface area contributed by atoms with Gasteiger partial charge in [0.15, 0.2) is 5.11 Å². The van der Waals surface area contributed by atoms with E-state index in [-0.39, 0.29) is 33.0 Å². The largest absolute Gasteiger partial charge is 0.488 e. The van der Waals surface area contributed by atoms with Gasteiger partial charge in [-0.1, -0.05) is 74.5 Å². The molecule has 1 aliphatic heterocycles. The standard InChI is InChI=1S/C24H13BrCl4N2O3S/c25-14-5-7-20(34-11-12-4-6-16(26)18(28)8-12)13(9-14)10-15-22(32)30-24(35)31(23(15)33)19-3-1-2-17(27)21(19)29/h1-10H,11H2,(H,30,32,35)/b15-10+. The quantitative estimate of drug-likeness (QED) is 0.181. The number of rotatable bonds is 5. The van der Waals surface area contributed by atoms with Crippen LogP contribution in [-0.4, -0.2) is 16.9 Å². The van der Waals surface area contributed by atoms with Gasteiger partial charge in [-0.15, -0.1) is 0 Å². The molecular weight excluding hydrogens is 618 g/mol. The van der Waals surface area contributed by atoms with Gasteiger partial charge in [-0.05, 0) is 66.3 Å². The SMILES string of the molecule is O=C1NC(=S)N(c2cccc(Cl)c2Cl)C(=O)/C1=C/c1cc(Br)ccc1OCc1ccc(Cl)c(Cl)c1. The molecule has 1 N–H and O–H groups in total. The number of carbonyl (C=O) groups excluding carboxylic acids is 2. The molecule has 1 aliphatic rings. The van der Waals surface area contributed by atoms with Crippen LogP contribution in [0.1, 0.15) is 11.1 Å². The molecule has 178 valence electrons. The molecule has 11 heteroatoms. The Morgan fingerprint density at radius 1 is 0.971 bits per heavy atom. The van der Waals surface area contributed by atoms with Crippen LogP contribution in [0.2, 0.25) is 20.1 Å². The van der Waals surface area contributed by atoms with Gasteiger partial charge in [0.05, 0.1) is 25.8 Å². The van der Waals surface area contributed by atoms with E-state index in [2.05, 4.69) is 21.2 Å². The van der Waals surface area contributed by atoms with Crippen LogP contribution in [0.4, 0.5) is 5.69 Å². The summed E-state index contributed by atoms with van der Waals surface area (Å²) in [7, 11) is 0. The minimum atomic E-state index is -0.654. The number of hydrogen-bond donors (Lipinski definition) is 1. The van der Waals surface area contributed by atoms with Crippen molar-refractivity contribution in [2.24, 2.45) is 0 Å². The lowest BCUT2D eigenvalue weighted by Crippen LogP contribution is -2.54. The van der Waals surface area contributed by atoms with Crippen molar-refractivity contribution < 1.29 is 14.3 Å². The maximum atomic E-state index is 13.4. The van der Waals surface area contributed by atoms with Crippen LogP contribution in [0.3, 0.4) is 0 Å². The Bertz CT molecular complexity index is 1410. The summed E-state index contributed by atoms with van der Waals surface area (Å²) in [6.45, 7) is 0.184. The molecule has 0 aliphatic carbocycles. The number of amides is 2. The molecule has 4 rings (SSSR count). The first-order valence-electron chi connectivity index (χ1n) is 9.87. The predicted octanol–water partition coefficient (Wildman–Crippen LogP) is 7.47. The molecule has 5 nitrogen and oxygen atoms in total. The third-order valence-corrected chi connectivity index (χ3v) is 7.25. The molecule has 3 aromatic carbocycles. The van der Waals surface area contributed by atoms with E-state index < -0.39 is 11.8 Å². The van der Waals surface area contributed by atoms with E-state index in [9.17, 15) is 9.59 Å². The molecule has 0 saturated carbocycles. The average molecular weight is 631 g/mol. The molecule has 1 fully saturated rings. The summed E-state index contributed by atoms with van der Waals surface area (Å²) >= 11 is 33.1. The maximum absolute atomic E-state index is 13.4. The molecule has 35 heavy (non-hydrogen) atoms. The number of nitrogens with one attached hydrogen (secondary N) is 1. The first-order valence-corrected chi connectivity index (χ1v) is 12.6. The van der Waals surface area contributed by atoms with Crippen molar-refractivity contribution in [3.63, 3.8) is 0 Å². The molecule has 0 spiro atoms. The Hall–Kier alpha value is -2.13. The highest BCUT2D eigenvalue weighted by atomic mass is 79.9. The summed E-state index contributed by atoms with van der Waals surface area (Å²) in [5.41, 5.74) is 1.37. The normalized spacial score (nSPS) is 14.9. The summed E-state index contributed by atoms with van der Waals surface area (Å²) in [6.07, 6.45) is 1.43. The first-order chi connectivity index (χ1) is 16.7. The van der Waals surface area contributed by atoms with E-state index in [0.29, 0.717) is 21.4 Å². The highest BCUT2D eigenvalue weighted by Gasteiger charge is 2.36. The van der Waals surface area contributed by atoms with Gasteiger partial charge in [-0.2, -0.15) is 0 Å². The number of benzene rings is 3. The zero-order valence-corrected chi connectivity index (χ0v) is 22.9. The van der Waals surface area contributed by atoms with Gasteiger partial charge in [-0.3, -0.25) is 19.8 Å². The van der Waals surface area contributed by atoms with Crippen LogP contribution >= 0.6 is 74.6 Å². The summed E-state index contributed by atoms with van der Waals surface area (Å²) in [4.78, 5) is 27.3. The number of nitrogens with zero attached hydrogens (tertiary/aromatic N) is 1. The summed E-state index contributed by atoms with van der Waals surface area (Å²) < 4.78 is 6.69. The van der Waals surface area contributed by atoms with Gasteiger partial charge in [0.2, 0.25) is 0 Å². The monoisotopic (exact) mass is 628 g/mol. The van der Waals surface area contributed by atoms with E-state index in [4.69, 9.17) is 63.4 Å². The van der Waals surface area contributed by atoms with Gasteiger partial charge < -0.3 is 4.74 Å². The van der Waals surface area contributed by atoms with Crippen LogP contribution in [0.15, 0.2) is 64.6 Å². The molecule has 2 amide bonds. The van der Waals surface area contributed by atoms with E-state index in [1.807, 2.05) is 0 Å². The lowest BCUT2D eigenvalue weighted by atomic mass is 10.1. The summed E-state index contributed by atoms with van der Waals surface area (Å²) in [6, 6.07) is 15.2. The predicted molar refractivity (Wildman–Crippen MR) is 148 cm³/mol. The number of anilines is 1. The van der Waals surface area contributed by atoms with Crippen molar-refractivity contribution in [2.45, 2.75) is 6.61 Å². The number of thiocarbonyl (C=S) groups is 1. The number of halogens is 5. The number of ether oxygens (including phenoxy) is 1. The van der Waals surface area contributed by atoms with E-state index in [1.54, 1.807) is 54.6 Å². The average Bonchev–Trinajstić information content (AvgIpc) is 2.81. The van der Waals surface area contributed by atoms with Gasteiger partial charge >= 0.3 is 0 Å². The zero-order chi connectivity index (χ0) is 25.3. The highest BCUT2D eigenvalue weighted by molar-refractivity contribution is 9.10. The minimum absolute atomic E-state index is 0.105. The molecule has 0 aromatic heterocycles. The Kier molecular flexibility index (Phi) is 8.06. The van der Waals surface area contributed by atoms with Gasteiger partial charge in [0.1, 0.15) is 17.9 Å². The van der Waals surface area contributed by atoms with Crippen molar-refractivity contribution in [3.8, 4) is 5.75 Å². The molecular formula is C24H13BrCl4N2O3S. The van der Waals surface area contributed by atoms with Crippen LogP contribution in [0.25, 0.3) is 6.08 Å². The van der Waals surface area contributed by atoms with Crippen LogP contribution in [0, 0.1) is 0 Å². The fourth-order valence-electron chi connectivity index (χ4n) is 3.25. The topological polar surface area (TPSA) is 58.6 Å². The van der Waals surface area contributed by atoms with Crippen molar-refractivity contribution >= 4 is 103 Å². The van der Waals surface area contributed by atoms with Crippen molar-refractivity contribution in [1.82, 2.24) is 5.32 Å². The van der Waals surface area contributed by atoms with Crippen LogP contribution < -0.4 is 15.0 Å². The lowest BCUT2D eigenvalue weighted by Gasteiger charge is -2.29. The molecule has 0 atom stereocenters. The Morgan fingerprint density at radius 2 is 1.74 bits per heavy atom. The van der Waals surface area contributed by atoms with Crippen molar-refractivity contribution in [1.29, 1.82) is 0 Å². The smallest absolute Gasteiger partial charge is 0.270 e. The second-order valence-electron chi connectivity index (χ2n) is 7.25. The van der Waals surface area contributed by atoms with Crippen LogP contribution in [0.5, 0.6) is 5.75 Å². The minimum Gasteiger partial charge on any atom is -0.488 e.